The van der Waals surface area contributed by atoms with Crippen molar-refractivity contribution in [1.82, 2.24) is 4.90 Å². The van der Waals surface area contributed by atoms with Crippen LogP contribution in [0.15, 0.2) is 42.5 Å². The van der Waals surface area contributed by atoms with E-state index in [4.69, 9.17) is 11.6 Å². The van der Waals surface area contributed by atoms with Crippen LogP contribution in [0.3, 0.4) is 0 Å². The fraction of sp³-hybridized carbons (Fsp3) is 0.188. The Bertz CT molecular complexity index is 752. The van der Waals surface area contributed by atoms with Crippen molar-refractivity contribution in [3.63, 3.8) is 0 Å². The van der Waals surface area contributed by atoms with Crippen molar-refractivity contribution in [2.45, 2.75) is 13.0 Å². The molecular weight excluding hydrogens is 323 g/mol. The Morgan fingerprint density at radius 1 is 1.26 bits per heavy atom. The van der Waals surface area contributed by atoms with Gasteiger partial charge in [0.05, 0.1) is 11.3 Å². The minimum absolute atomic E-state index is 0.0876. The lowest BCUT2D eigenvalue weighted by Gasteiger charge is -2.18. The quantitative estimate of drug-likeness (QED) is 0.619. The summed E-state index contributed by atoms with van der Waals surface area (Å²) in [6.45, 7) is 0.105. The monoisotopic (exact) mass is 336 g/mol. The summed E-state index contributed by atoms with van der Waals surface area (Å²) < 4.78 is 13.6. The van der Waals surface area contributed by atoms with Gasteiger partial charge in [-0.3, -0.25) is 14.9 Å². The summed E-state index contributed by atoms with van der Waals surface area (Å²) in [5.74, 6) is -0.750. The van der Waals surface area contributed by atoms with Gasteiger partial charge in [0.25, 0.3) is 5.69 Å². The molecule has 120 valence electrons. The molecule has 2 rings (SSSR count). The summed E-state index contributed by atoms with van der Waals surface area (Å²) in [6.07, 6.45) is -0.0876. The Morgan fingerprint density at radius 2 is 1.96 bits per heavy atom. The molecule has 5 nitrogen and oxygen atoms in total. The number of non-ortho nitro benzene ring substituents is 1. The van der Waals surface area contributed by atoms with Gasteiger partial charge in [0.1, 0.15) is 5.82 Å². The molecule has 0 aliphatic carbocycles. The highest BCUT2D eigenvalue weighted by Crippen LogP contribution is 2.23. The number of amides is 1. The van der Waals surface area contributed by atoms with Gasteiger partial charge in [0.15, 0.2) is 0 Å². The maximum absolute atomic E-state index is 13.6. The molecule has 0 unspecified atom stereocenters. The lowest BCUT2D eigenvalue weighted by atomic mass is 10.1. The Morgan fingerprint density at radius 3 is 2.61 bits per heavy atom. The van der Waals surface area contributed by atoms with E-state index in [0.717, 1.165) is 0 Å². The number of rotatable bonds is 5. The normalized spacial score (nSPS) is 10.4. The van der Waals surface area contributed by atoms with Gasteiger partial charge in [-0.05, 0) is 23.3 Å². The summed E-state index contributed by atoms with van der Waals surface area (Å²) in [5.41, 5.74) is 0.666. The van der Waals surface area contributed by atoms with Gasteiger partial charge in [-0.2, -0.15) is 0 Å². The zero-order valence-electron chi connectivity index (χ0n) is 12.3. The van der Waals surface area contributed by atoms with E-state index in [1.807, 2.05) is 0 Å². The molecule has 0 radical (unpaired) electrons. The smallest absolute Gasteiger partial charge is 0.269 e. The van der Waals surface area contributed by atoms with Gasteiger partial charge in [0, 0.05) is 30.7 Å². The van der Waals surface area contributed by atoms with E-state index in [1.165, 1.54) is 29.2 Å². The standard InChI is InChI=1S/C16H14ClFN2O3/c1-19(16(21)9-11-4-2-3-5-15(11)18)10-12-8-13(20(22)23)6-7-14(12)17/h2-8H,9-10H2,1H3. The predicted octanol–water partition coefficient (Wildman–Crippen LogP) is 3.59. The highest BCUT2D eigenvalue weighted by atomic mass is 35.5. The van der Waals surface area contributed by atoms with Crippen LogP contribution in [0, 0.1) is 15.9 Å². The topological polar surface area (TPSA) is 63.4 Å². The summed E-state index contributed by atoms with van der Waals surface area (Å²) in [7, 11) is 1.54. The number of nitro benzene ring substituents is 1. The van der Waals surface area contributed by atoms with Crippen molar-refractivity contribution in [3.8, 4) is 0 Å². The Balaban J connectivity index is 2.11. The zero-order chi connectivity index (χ0) is 17.0. The van der Waals surface area contributed by atoms with Crippen molar-refractivity contribution >= 4 is 23.2 Å². The first-order valence-electron chi connectivity index (χ1n) is 6.78. The van der Waals surface area contributed by atoms with E-state index in [-0.39, 0.29) is 24.6 Å². The van der Waals surface area contributed by atoms with Crippen LogP contribution >= 0.6 is 11.6 Å². The summed E-state index contributed by atoms with van der Waals surface area (Å²) in [6, 6.07) is 10.1. The SMILES string of the molecule is CN(Cc1cc([N+](=O)[O-])ccc1Cl)C(=O)Cc1ccccc1F. The molecule has 2 aromatic rings. The molecule has 0 saturated carbocycles. The number of likely N-dealkylation sites (N-methyl/N-ethyl adjacent to an activating group) is 1. The second-order valence-corrected chi connectivity index (χ2v) is 5.46. The van der Waals surface area contributed by atoms with Gasteiger partial charge in [-0.15, -0.1) is 0 Å². The molecule has 7 heteroatoms. The molecule has 0 bridgehead atoms. The second kappa shape index (κ2) is 7.19. The molecule has 0 N–H and O–H groups in total. The molecule has 0 aromatic heterocycles. The lowest BCUT2D eigenvalue weighted by molar-refractivity contribution is -0.384. The van der Waals surface area contributed by atoms with Crippen LogP contribution in [0.4, 0.5) is 10.1 Å². The molecule has 0 fully saturated rings. The zero-order valence-corrected chi connectivity index (χ0v) is 13.1. The molecule has 0 aliphatic heterocycles. The first kappa shape index (κ1) is 16.9. The highest BCUT2D eigenvalue weighted by Gasteiger charge is 2.16. The summed E-state index contributed by atoms with van der Waals surface area (Å²) in [5, 5.41) is 11.1. The van der Waals surface area contributed by atoms with E-state index >= 15 is 0 Å². The summed E-state index contributed by atoms with van der Waals surface area (Å²) >= 11 is 6.01. The minimum atomic E-state index is -0.527. The van der Waals surface area contributed by atoms with Gasteiger partial charge >= 0.3 is 0 Å². The van der Waals surface area contributed by atoms with Crippen molar-refractivity contribution in [3.05, 3.63) is 74.5 Å². The van der Waals surface area contributed by atoms with Crippen molar-refractivity contribution in [2.24, 2.45) is 0 Å². The maximum atomic E-state index is 13.6. The van der Waals surface area contributed by atoms with Gasteiger partial charge < -0.3 is 4.90 Å². The van der Waals surface area contributed by atoms with Crippen LogP contribution in [-0.4, -0.2) is 22.8 Å². The van der Waals surface area contributed by atoms with E-state index in [2.05, 4.69) is 0 Å². The third-order valence-corrected chi connectivity index (χ3v) is 3.74. The summed E-state index contributed by atoms with van der Waals surface area (Å²) in [4.78, 5) is 23.8. The fourth-order valence-corrected chi connectivity index (χ4v) is 2.26. The van der Waals surface area contributed by atoms with Crippen molar-refractivity contribution in [2.75, 3.05) is 7.05 Å². The molecule has 0 saturated heterocycles. The van der Waals surface area contributed by atoms with E-state index in [1.54, 1.807) is 25.2 Å². The molecule has 1 amide bonds. The average Bonchev–Trinajstić information content (AvgIpc) is 2.51. The molecule has 0 atom stereocenters. The molecule has 23 heavy (non-hydrogen) atoms. The largest absolute Gasteiger partial charge is 0.341 e. The van der Waals surface area contributed by atoms with E-state index in [9.17, 15) is 19.3 Å². The molecule has 0 aliphatic rings. The third kappa shape index (κ3) is 4.26. The van der Waals surface area contributed by atoms with E-state index in [0.29, 0.717) is 16.1 Å². The first-order chi connectivity index (χ1) is 10.9. The van der Waals surface area contributed by atoms with Crippen LogP contribution in [0.1, 0.15) is 11.1 Å². The third-order valence-electron chi connectivity index (χ3n) is 3.37. The second-order valence-electron chi connectivity index (χ2n) is 5.05. The van der Waals surface area contributed by atoms with Crippen LogP contribution in [0.25, 0.3) is 0 Å². The molecule has 0 heterocycles. The first-order valence-corrected chi connectivity index (χ1v) is 7.16. The molecule has 0 spiro atoms. The number of nitrogens with zero attached hydrogens (tertiary/aromatic N) is 2. The van der Waals surface area contributed by atoms with Crippen LogP contribution in [-0.2, 0) is 17.8 Å². The molecule has 2 aromatic carbocycles. The number of benzene rings is 2. The number of carbonyl (C=O) groups excluding carboxylic acids is 1. The van der Waals surface area contributed by atoms with Crippen molar-refractivity contribution < 1.29 is 14.1 Å². The van der Waals surface area contributed by atoms with Gasteiger partial charge in [-0.1, -0.05) is 29.8 Å². The van der Waals surface area contributed by atoms with Gasteiger partial charge in [-0.25, -0.2) is 4.39 Å². The number of hydrogen-bond acceptors (Lipinski definition) is 3. The number of carbonyl (C=O) groups is 1. The lowest BCUT2D eigenvalue weighted by Crippen LogP contribution is -2.28. The number of hydrogen-bond donors (Lipinski definition) is 0. The van der Waals surface area contributed by atoms with Crippen LogP contribution in [0.5, 0.6) is 0 Å². The van der Waals surface area contributed by atoms with Crippen LogP contribution < -0.4 is 0 Å². The highest BCUT2D eigenvalue weighted by molar-refractivity contribution is 6.31. The van der Waals surface area contributed by atoms with E-state index < -0.39 is 10.7 Å². The predicted molar refractivity (Wildman–Crippen MR) is 84.7 cm³/mol. The number of nitro groups is 1. The Kier molecular flexibility index (Phi) is 5.28. The van der Waals surface area contributed by atoms with Gasteiger partial charge in [0.2, 0.25) is 5.91 Å². The molecular formula is C16H14ClFN2O3. The Labute approximate surface area is 137 Å². The maximum Gasteiger partial charge on any atom is 0.269 e. The van der Waals surface area contributed by atoms with Crippen LogP contribution in [0.2, 0.25) is 5.02 Å². The van der Waals surface area contributed by atoms with Crippen molar-refractivity contribution in [1.29, 1.82) is 0 Å². The minimum Gasteiger partial charge on any atom is -0.341 e. The fourth-order valence-electron chi connectivity index (χ4n) is 2.08. The number of halogens is 2. The average molecular weight is 337 g/mol. The Hall–Kier alpha value is -2.47.